The molecule has 7 heteroatoms. The molecule has 1 aromatic rings. The van der Waals surface area contributed by atoms with Gasteiger partial charge in [0.25, 0.3) is 5.91 Å². The Labute approximate surface area is 115 Å². The molecule has 2 rings (SSSR count). The molecule has 1 N–H and O–H groups in total. The number of rotatable bonds is 3. The number of alkyl halides is 3. The van der Waals surface area contributed by atoms with E-state index in [0.717, 1.165) is 25.1 Å². The second kappa shape index (κ2) is 5.78. The standard InChI is InChI=1S/C13H16F3N3O/c1-2-19(10-5-6-17-8-10)12(20)11-4-3-9(7-18-11)13(14,15)16/h3-4,7,10,17H,2,5-6,8H2,1H3. The van der Waals surface area contributed by atoms with Crippen LogP contribution in [-0.4, -0.2) is 41.5 Å². The quantitative estimate of drug-likeness (QED) is 0.924. The number of amides is 1. The SMILES string of the molecule is CCN(C(=O)c1ccc(C(F)(F)F)cn1)C1CCNC1. The molecule has 1 saturated heterocycles. The molecule has 20 heavy (non-hydrogen) atoms. The lowest BCUT2D eigenvalue weighted by atomic mass is 10.2. The van der Waals surface area contributed by atoms with Crippen molar-refractivity contribution in [2.24, 2.45) is 0 Å². The van der Waals surface area contributed by atoms with Crippen molar-refractivity contribution in [2.45, 2.75) is 25.6 Å². The Hall–Kier alpha value is -1.63. The summed E-state index contributed by atoms with van der Waals surface area (Å²) in [6.07, 6.45) is -2.89. The Bertz CT molecular complexity index is 467. The molecule has 0 bridgehead atoms. The molecule has 110 valence electrons. The van der Waals surface area contributed by atoms with Gasteiger partial charge < -0.3 is 10.2 Å². The minimum atomic E-state index is -4.44. The first kappa shape index (κ1) is 14.8. The third-order valence-corrected chi connectivity index (χ3v) is 3.39. The van der Waals surface area contributed by atoms with Crippen LogP contribution < -0.4 is 5.32 Å². The number of likely N-dealkylation sites (N-methyl/N-ethyl adjacent to an activating group) is 1. The predicted octanol–water partition coefficient (Wildman–Crippen LogP) is 1.92. The average molecular weight is 287 g/mol. The minimum Gasteiger partial charge on any atom is -0.333 e. The summed E-state index contributed by atoms with van der Waals surface area (Å²) in [5.41, 5.74) is -0.800. The van der Waals surface area contributed by atoms with Crippen LogP contribution in [0.3, 0.4) is 0 Å². The predicted molar refractivity (Wildman–Crippen MR) is 67.2 cm³/mol. The van der Waals surface area contributed by atoms with Gasteiger partial charge in [0.2, 0.25) is 0 Å². The van der Waals surface area contributed by atoms with Crippen molar-refractivity contribution in [1.29, 1.82) is 0 Å². The maximum atomic E-state index is 12.4. The number of carbonyl (C=O) groups is 1. The number of hydrogen-bond acceptors (Lipinski definition) is 3. The molecule has 1 atom stereocenters. The van der Waals surface area contributed by atoms with Crippen LogP contribution in [0.1, 0.15) is 29.4 Å². The Morgan fingerprint density at radius 2 is 2.25 bits per heavy atom. The van der Waals surface area contributed by atoms with E-state index in [1.807, 2.05) is 6.92 Å². The van der Waals surface area contributed by atoms with Gasteiger partial charge in [0.1, 0.15) is 5.69 Å². The van der Waals surface area contributed by atoms with E-state index in [-0.39, 0.29) is 17.6 Å². The van der Waals surface area contributed by atoms with Crippen molar-refractivity contribution >= 4 is 5.91 Å². The Kier molecular flexibility index (Phi) is 4.27. The summed E-state index contributed by atoms with van der Waals surface area (Å²) in [4.78, 5) is 17.6. The molecule has 2 heterocycles. The molecule has 0 spiro atoms. The maximum absolute atomic E-state index is 12.4. The van der Waals surface area contributed by atoms with Crippen LogP contribution >= 0.6 is 0 Å². The third-order valence-electron chi connectivity index (χ3n) is 3.39. The minimum absolute atomic E-state index is 0.0479. The zero-order valence-corrected chi connectivity index (χ0v) is 11.1. The summed E-state index contributed by atoms with van der Waals surface area (Å²) < 4.78 is 37.3. The van der Waals surface area contributed by atoms with Crippen molar-refractivity contribution in [2.75, 3.05) is 19.6 Å². The second-order valence-corrected chi connectivity index (χ2v) is 4.67. The van der Waals surface area contributed by atoms with Gasteiger partial charge in [-0.3, -0.25) is 9.78 Å². The van der Waals surface area contributed by atoms with E-state index in [2.05, 4.69) is 10.3 Å². The van der Waals surface area contributed by atoms with Crippen molar-refractivity contribution < 1.29 is 18.0 Å². The number of carbonyl (C=O) groups excluding carboxylic acids is 1. The van der Waals surface area contributed by atoms with Gasteiger partial charge in [0.05, 0.1) is 5.56 Å². The highest BCUT2D eigenvalue weighted by atomic mass is 19.4. The summed E-state index contributed by atoms with van der Waals surface area (Å²) >= 11 is 0. The van der Waals surface area contributed by atoms with Gasteiger partial charge in [0.15, 0.2) is 0 Å². The third kappa shape index (κ3) is 3.09. The van der Waals surface area contributed by atoms with Gasteiger partial charge in [-0.15, -0.1) is 0 Å². The number of halogens is 3. The number of pyridine rings is 1. The van der Waals surface area contributed by atoms with Crippen LogP contribution in [0.25, 0.3) is 0 Å². The maximum Gasteiger partial charge on any atom is 0.417 e. The molecule has 1 fully saturated rings. The second-order valence-electron chi connectivity index (χ2n) is 4.67. The molecule has 0 aromatic carbocycles. The summed E-state index contributed by atoms with van der Waals surface area (Å²) in [5, 5.41) is 3.16. The van der Waals surface area contributed by atoms with Gasteiger partial charge in [0, 0.05) is 25.3 Å². The Morgan fingerprint density at radius 3 is 2.70 bits per heavy atom. The molecule has 0 radical (unpaired) electrons. The van der Waals surface area contributed by atoms with E-state index in [1.165, 1.54) is 0 Å². The Morgan fingerprint density at radius 1 is 1.50 bits per heavy atom. The lowest BCUT2D eigenvalue weighted by Gasteiger charge is -2.26. The first-order valence-corrected chi connectivity index (χ1v) is 6.48. The van der Waals surface area contributed by atoms with Gasteiger partial charge in [-0.1, -0.05) is 0 Å². The van der Waals surface area contributed by atoms with E-state index in [0.29, 0.717) is 19.3 Å². The number of nitrogens with one attached hydrogen (secondary N) is 1. The van der Waals surface area contributed by atoms with Crippen LogP contribution in [0.2, 0.25) is 0 Å². The summed E-state index contributed by atoms with van der Waals surface area (Å²) in [6.45, 7) is 3.91. The normalized spacial score (nSPS) is 19.1. The first-order valence-electron chi connectivity index (χ1n) is 6.48. The van der Waals surface area contributed by atoms with Crippen LogP contribution in [0.4, 0.5) is 13.2 Å². The highest BCUT2D eigenvalue weighted by molar-refractivity contribution is 5.92. The van der Waals surface area contributed by atoms with Crippen molar-refractivity contribution in [3.05, 3.63) is 29.6 Å². The lowest BCUT2D eigenvalue weighted by molar-refractivity contribution is -0.137. The molecular formula is C13H16F3N3O. The lowest BCUT2D eigenvalue weighted by Crippen LogP contribution is -2.41. The summed E-state index contributed by atoms with van der Waals surface area (Å²) in [5.74, 6) is -0.324. The monoisotopic (exact) mass is 287 g/mol. The summed E-state index contributed by atoms with van der Waals surface area (Å²) in [7, 11) is 0. The Balaban J connectivity index is 2.15. The number of nitrogens with zero attached hydrogens (tertiary/aromatic N) is 2. The highest BCUT2D eigenvalue weighted by Crippen LogP contribution is 2.28. The molecule has 1 unspecified atom stereocenters. The van der Waals surface area contributed by atoms with E-state index < -0.39 is 11.7 Å². The topological polar surface area (TPSA) is 45.2 Å². The van der Waals surface area contributed by atoms with Crippen molar-refractivity contribution in [3.8, 4) is 0 Å². The highest BCUT2D eigenvalue weighted by Gasteiger charge is 2.32. The largest absolute Gasteiger partial charge is 0.417 e. The van der Waals surface area contributed by atoms with Gasteiger partial charge in [-0.25, -0.2) is 0 Å². The van der Waals surface area contributed by atoms with Gasteiger partial charge >= 0.3 is 6.18 Å². The van der Waals surface area contributed by atoms with Crippen LogP contribution in [0.5, 0.6) is 0 Å². The average Bonchev–Trinajstić information content (AvgIpc) is 2.92. The van der Waals surface area contributed by atoms with E-state index in [4.69, 9.17) is 0 Å². The number of hydrogen-bond donors (Lipinski definition) is 1. The van der Waals surface area contributed by atoms with Crippen molar-refractivity contribution in [1.82, 2.24) is 15.2 Å². The first-order chi connectivity index (χ1) is 9.43. The van der Waals surface area contributed by atoms with Crippen LogP contribution in [0.15, 0.2) is 18.3 Å². The molecule has 0 aliphatic carbocycles. The molecule has 0 saturated carbocycles. The zero-order chi connectivity index (χ0) is 14.8. The van der Waals surface area contributed by atoms with Gasteiger partial charge in [-0.05, 0) is 32.0 Å². The number of aromatic nitrogens is 1. The van der Waals surface area contributed by atoms with Crippen LogP contribution in [-0.2, 0) is 6.18 Å². The van der Waals surface area contributed by atoms with Crippen molar-refractivity contribution in [3.63, 3.8) is 0 Å². The molecule has 1 aromatic heterocycles. The van der Waals surface area contributed by atoms with Crippen LogP contribution in [0, 0.1) is 0 Å². The zero-order valence-electron chi connectivity index (χ0n) is 11.1. The smallest absolute Gasteiger partial charge is 0.333 e. The fourth-order valence-corrected chi connectivity index (χ4v) is 2.31. The van der Waals surface area contributed by atoms with Gasteiger partial charge in [-0.2, -0.15) is 13.2 Å². The fraction of sp³-hybridized carbons (Fsp3) is 0.538. The molecule has 1 amide bonds. The fourth-order valence-electron chi connectivity index (χ4n) is 2.31. The molecule has 4 nitrogen and oxygen atoms in total. The molecule has 1 aliphatic rings. The van der Waals surface area contributed by atoms with E-state index in [1.54, 1.807) is 4.90 Å². The molecule has 1 aliphatic heterocycles. The molecular weight excluding hydrogens is 271 g/mol. The van der Waals surface area contributed by atoms with E-state index in [9.17, 15) is 18.0 Å². The summed E-state index contributed by atoms with van der Waals surface area (Å²) in [6, 6.07) is 2.11. The van der Waals surface area contributed by atoms with E-state index >= 15 is 0 Å².